The molecular formula is C20H22O3Se2. The molecule has 0 aromatic heterocycles. The summed E-state index contributed by atoms with van der Waals surface area (Å²) < 4.78 is 7.66. The van der Waals surface area contributed by atoms with E-state index in [1.54, 1.807) is 0 Å². The fourth-order valence-corrected chi connectivity index (χ4v) is 5.94. The number of hydrogen-bond donors (Lipinski definition) is 1. The Hall–Kier alpha value is -1.35. The van der Waals surface area contributed by atoms with Crippen molar-refractivity contribution >= 4 is 44.8 Å². The second-order valence-electron chi connectivity index (χ2n) is 5.23. The monoisotopic (exact) mass is 470 g/mol. The molecule has 0 aliphatic carbocycles. The first-order valence-electron chi connectivity index (χ1n) is 8.13. The van der Waals surface area contributed by atoms with Crippen LogP contribution in [0.3, 0.4) is 0 Å². The second-order valence-corrected chi connectivity index (χ2v) is 10.1. The molecule has 0 saturated carbocycles. The molecule has 0 aliphatic heterocycles. The molecule has 0 radical (unpaired) electrons. The van der Waals surface area contributed by atoms with Gasteiger partial charge in [-0.3, -0.25) is 0 Å². The standard InChI is InChI=1S/C20H22O3Se2/c1-2-23-20(22)16(15-24-17-9-5-3-6-10-17)13-19(14-21)25-18-11-7-4-8-12-18/h3-12,15,19,21H,2,13-14H2,1H3/b16-15-. The first-order chi connectivity index (χ1) is 12.2. The van der Waals surface area contributed by atoms with Crippen LogP contribution in [0.2, 0.25) is 4.82 Å². The van der Waals surface area contributed by atoms with Crippen molar-refractivity contribution in [2.45, 2.75) is 18.2 Å². The molecule has 2 aromatic rings. The van der Waals surface area contributed by atoms with E-state index in [0.29, 0.717) is 18.6 Å². The summed E-state index contributed by atoms with van der Waals surface area (Å²) in [7, 11) is 0. The van der Waals surface area contributed by atoms with Crippen molar-refractivity contribution in [1.82, 2.24) is 0 Å². The van der Waals surface area contributed by atoms with Gasteiger partial charge in [0.2, 0.25) is 0 Å². The third-order valence-electron chi connectivity index (χ3n) is 3.32. The van der Waals surface area contributed by atoms with Crippen molar-refractivity contribution in [3.8, 4) is 0 Å². The van der Waals surface area contributed by atoms with Gasteiger partial charge in [0.1, 0.15) is 0 Å². The van der Waals surface area contributed by atoms with Gasteiger partial charge in [0.15, 0.2) is 0 Å². The van der Waals surface area contributed by atoms with E-state index in [9.17, 15) is 9.90 Å². The molecule has 25 heavy (non-hydrogen) atoms. The van der Waals surface area contributed by atoms with E-state index in [-0.39, 0.29) is 47.3 Å². The molecule has 5 heteroatoms. The van der Waals surface area contributed by atoms with E-state index >= 15 is 0 Å². The first kappa shape index (κ1) is 20.0. The molecule has 0 heterocycles. The van der Waals surface area contributed by atoms with Crippen LogP contribution in [0.4, 0.5) is 0 Å². The molecule has 1 atom stereocenters. The number of ether oxygens (including phenoxy) is 1. The summed E-state index contributed by atoms with van der Waals surface area (Å²) in [6.45, 7) is 2.25. The minimum absolute atomic E-state index is 0.0668. The Balaban J connectivity index is 2.09. The Morgan fingerprint density at radius 2 is 1.68 bits per heavy atom. The van der Waals surface area contributed by atoms with Gasteiger partial charge in [-0.15, -0.1) is 0 Å². The average molecular weight is 468 g/mol. The summed E-state index contributed by atoms with van der Waals surface area (Å²) in [5.74, 6) is -0.261. The average Bonchev–Trinajstić information content (AvgIpc) is 2.66. The van der Waals surface area contributed by atoms with Gasteiger partial charge in [-0.05, 0) is 0 Å². The number of rotatable bonds is 9. The SMILES string of the molecule is CCOC(=O)/C(=C\[Se]c1ccccc1)CC(CO)[Se]c1ccccc1. The van der Waals surface area contributed by atoms with E-state index < -0.39 is 0 Å². The van der Waals surface area contributed by atoms with Gasteiger partial charge in [0.05, 0.1) is 0 Å². The number of aliphatic hydroxyl groups is 1. The second kappa shape index (κ2) is 11.3. The van der Waals surface area contributed by atoms with Crippen LogP contribution in [-0.2, 0) is 9.53 Å². The normalized spacial score (nSPS) is 12.6. The van der Waals surface area contributed by atoms with E-state index in [0.717, 1.165) is 0 Å². The summed E-state index contributed by atoms with van der Waals surface area (Å²) in [5, 5.41) is 9.77. The topological polar surface area (TPSA) is 46.5 Å². The molecule has 0 aliphatic rings. The number of hydrogen-bond acceptors (Lipinski definition) is 3. The number of aliphatic hydroxyl groups excluding tert-OH is 1. The molecule has 132 valence electrons. The predicted molar refractivity (Wildman–Crippen MR) is 104 cm³/mol. The molecule has 0 fully saturated rings. The Morgan fingerprint density at radius 3 is 2.24 bits per heavy atom. The third kappa shape index (κ3) is 7.19. The number of esters is 1. The van der Waals surface area contributed by atoms with Crippen molar-refractivity contribution < 1.29 is 14.6 Å². The van der Waals surface area contributed by atoms with Crippen LogP contribution < -0.4 is 8.92 Å². The first-order valence-corrected chi connectivity index (χ1v) is 11.8. The molecule has 0 amide bonds. The molecule has 1 unspecified atom stereocenters. The van der Waals surface area contributed by atoms with Gasteiger partial charge in [-0.25, -0.2) is 0 Å². The molecule has 2 aromatic carbocycles. The van der Waals surface area contributed by atoms with E-state index in [1.807, 2.05) is 48.3 Å². The van der Waals surface area contributed by atoms with Crippen molar-refractivity contribution in [3.63, 3.8) is 0 Å². The Labute approximate surface area is 161 Å². The Morgan fingerprint density at radius 1 is 1.08 bits per heavy atom. The van der Waals surface area contributed by atoms with Crippen molar-refractivity contribution in [3.05, 3.63) is 71.2 Å². The van der Waals surface area contributed by atoms with Crippen molar-refractivity contribution in [2.24, 2.45) is 0 Å². The number of carbonyl (C=O) groups is 1. The molecule has 0 spiro atoms. The molecule has 0 bridgehead atoms. The quantitative estimate of drug-likeness (QED) is 0.346. The third-order valence-corrected chi connectivity index (χ3v) is 7.81. The number of carbonyl (C=O) groups excluding carboxylic acids is 1. The van der Waals surface area contributed by atoms with Gasteiger partial charge in [-0.2, -0.15) is 0 Å². The molecule has 1 N–H and O–H groups in total. The summed E-state index contributed by atoms with van der Waals surface area (Å²) >= 11 is 0.185. The number of benzene rings is 2. The van der Waals surface area contributed by atoms with Crippen LogP contribution in [0.1, 0.15) is 13.3 Å². The van der Waals surface area contributed by atoms with Crippen LogP contribution in [0.15, 0.2) is 71.2 Å². The summed E-state index contributed by atoms with van der Waals surface area (Å²) in [6, 6.07) is 20.3. The van der Waals surface area contributed by atoms with Gasteiger partial charge >= 0.3 is 162 Å². The summed E-state index contributed by atoms with van der Waals surface area (Å²) in [6.07, 6.45) is 0.554. The maximum atomic E-state index is 12.3. The van der Waals surface area contributed by atoms with Crippen LogP contribution in [0.5, 0.6) is 0 Å². The van der Waals surface area contributed by atoms with Gasteiger partial charge in [-0.1, -0.05) is 0 Å². The maximum absolute atomic E-state index is 12.3. The predicted octanol–water partition coefficient (Wildman–Crippen LogP) is 1.66. The fraction of sp³-hybridized carbons (Fsp3) is 0.250. The zero-order chi connectivity index (χ0) is 17.9. The van der Waals surface area contributed by atoms with Crippen LogP contribution in [0, 0.1) is 0 Å². The molecule has 0 saturated heterocycles. The zero-order valence-corrected chi connectivity index (χ0v) is 17.6. The summed E-state index contributed by atoms with van der Waals surface area (Å²) in [4.78, 5) is 14.4. The zero-order valence-electron chi connectivity index (χ0n) is 14.1. The van der Waals surface area contributed by atoms with Crippen LogP contribution in [0.25, 0.3) is 0 Å². The summed E-state index contributed by atoms with van der Waals surface area (Å²) in [5.41, 5.74) is 0.683. The van der Waals surface area contributed by atoms with E-state index in [4.69, 9.17) is 4.74 Å². The Kier molecular flexibility index (Phi) is 9.03. The molecule has 3 nitrogen and oxygen atoms in total. The van der Waals surface area contributed by atoms with Crippen LogP contribution in [-0.4, -0.2) is 54.2 Å². The van der Waals surface area contributed by atoms with Crippen molar-refractivity contribution in [2.75, 3.05) is 13.2 Å². The molecule has 2 rings (SSSR count). The van der Waals surface area contributed by atoms with Gasteiger partial charge in [0, 0.05) is 0 Å². The van der Waals surface area contributed by atoms with Gasteiger partial charge < -0.3 is 0 Å². The van der Waals surface area contributed by atoms with Gasteiger partial charge in [0.25, 0.3) is 0 Å². The Bertz CT molecular complexity index is 672. The minimum atomic E-state index is -0.261. The van der Waals surface area contributed by atoms with E-state index in [2.05, 4.69) is 24.3 Å². The fourth-order valence-electron chi connectivity index (χ4n) is 2.12. The van der Waals surface area contributed by atoms with Crippen LogP contribution >= 0.6 is 0 Å². The van der Waals surface area contributed by atoms with Crippen molar-refractivity contribution in [1.29, 1.82) is 0 Å². The van der Waals surface area contributed by atoms with E-state index in [1.165, 1.54) is 8.92 Å². The molecular weight excluding hydrogens is 446 g/mol.